The molecule has 20 heavy (non-hydrogen) atoms. The summed E-state index contributed by atoms with van der Waals surface area (Å²) in [4.78, 5) is 15.8. The van der Waals surface area contributed by atoms with E-state index in [2.05, 4.69) is 25.9 Å². The van der Waals surface area contributed by atoms with Crippen LogP contribution in [0.5, 0.6) is 0 Å². The number of nitrogens with zero attached hydrogens (tertiary/aromatic N) is 4. The summed E-state index contributed by atoms with van der Waals surface area (Å²) in [7, 11) is 0. The Morgan fingerprint density at radius 3 is 2.80 bits per heavy atom. The molecule has 0 atom stereocenters. The standard InChI is InChI=1S/C12H15ClN6O/c1-7(2)19-6-11(17-18-19)16-12(20)15-9-4-10(13)14-5-8(9)3/h4-7H,1-3H3,(H2,14,15,16,20). The minimum Gasteiger partial charge on any atom is -0.307 e. The van der Waals surface area contributed by atoms with E-state index in [-0.39, 0.29) is 6.04 Å². The highest BCUT2D eigenvalue weighted by Crippen LogP contribution is 2.17. The lowest BCUT2D eigenvalue weighted by Gasteiger charge is -2.08. The lowest BCUT2D eigenvalue weighted by atomic mass is 10.2. The number of hydrogen-bond acceptors (Lipinski definition) is 4. The van der Waals surface area contributed by atoms with E-state index in [1.807, 2.05) is 20.8 Å². The maximum atomic E-state index is 11.9. The van der Waals surface area contributed by atoms with Gasteiger partial charge in [0.1, 0.15) is 5.15 Å². The van der Waals surface area contributed by atoms with Crippen LogP contribution in [0.3, 0.4) is 0 Å². The molecule has 0 saturated heterocycles. The molecule has 2 rings (SSSR count). The Kier molecular flexibility index (Phi) is 4.19. The summed E-state index contributed by atoms with van der Waals surface area (Å²) < 4.78 is 1.66. The first-order valence-electron chi connectivity index (χ1n) is 6.07. The zero-order chi connectivity index (χ0) is 14.7. The number of halogens is 1. The zero-order valence-electron chi connectivity index (χ0n) is 11.4. The predicted molar refractivity (Wildman–Crippen MR) is 77.0 cm³/mol. The van der Waals surface area contributed by atoms with Crippen LogP contribution in [0.2, 0.25) is 5.15 Å². The van der Waals surface area contributed by atoms with Gasteiger partial charge < -0.3 is 5.32 Å². The monoisotopic (exact) mass is 294 g/mol. The van der Waals surface area contributed by atoms with Crippen LogP contribution in [0.4, 0.5) is 16.3 Å². The van der Waals surface area contributed by atoms with E-state index in [0.717, 1.165) is 5.56 Å². The Labute approximate surface area is 121 Å². The highest BCUT2D eigenvalue weighted by molar-refractivity contribution is 6.29. The highest BCUT2D eigenvalue weighted by Gasteiger charge is 2.09. The number of anilines is 2. The van der Waals surface area contributed by atoms with Gasteiger partial charge in [0, 0.05) is 17.9 Å². The van der Waals surface area contributed by atoms with Crippen molar-refractivity contribution in [1.82, 2.24) is 20.0 Å². The Hall–Kier alpha value is -2.15. The lowest BCUT2D eigenvalue weighted by Crippen LogP contribution is -2.20. The number of amides is 2. The molecule has 0 aliphatic heterocycles. The molecule has 0 bridgehead atoms. The fourth-order valence-electron chi connectivity index (χ4n) is 1.49. The van der Waals surface area contributed by atoms with Crippen LogP contribution in [0.25, 0.3) is 0 Å². The first-order chi connectivity index (χ1) is 9.45. The first-order valence-corrected chi connectivity index (χ1v) is 6.45. The third-order valence-electron chi connectivity index (χ3n) is 2.60. The van der Waals surface area contributed by atoms with Gasteiger partial charge in [-0.3, -0.25) is 5.32 Å². The Morgan fingerprint density at radius 2 is 2.15 bits per heavy atom. The fraction of sp³-hybridized carbons (Fsp3) is 0.333. The van der Waals surface area contributed by atoms with E-state index >= 15 is 0 Å². The van der Waals surface area contributed by atoms with Crippen molar-refractivity contribution in [3.63, 3.8) is 0 Å². The molecule has 0 fully saturated rings. The summed E-state index contributed by atoms with van der Waals surface area (Å²) in [5.74, 6) is 0.383. The molecule has 0 aromatic carbocycles. The molecule has 106 valence electrons. The molecule has 2 amide bonds. The SMILES string of the molecule is Cc1cnc(Cl)cc1NC(=O)Nc1cn(C(C)C)nn1. The van der Waals surface area contributed by atoms with Gasteiger partial charge in [-0.2, -0.15) is 0 Å². The summed E-state index contributed by atoms with van der Waals surface area (Å²) in [6.07, 6.45) is 3.25. The van der Waals surface area contributed by atoms with Crippen molar-refractivity contribution in [2.24, 2.45) is 0 Å². The van der Waals surface area contributed by atoms with Gasteiger partial charge in [-0.25, -0.2) is 14.5 Å². The summed E-state index contributed by atoms with van der Waals surface area (Å²) >= 11 is 5.79. The maximum absolute atomic E-state index is 11.9. The molecule has 0 spiro atoms. The van der Waals surface area contributed by atoms with Gasteiger partial charge in [0.05, 0.1) is 6.20 Å². The van der Waals surface area contributed by atoms with Crippen molar-refractivity contribution in [2.75, 3.05) is 10.6 Å². The van der Waals surface area contributed by atoms with Crippen LogP contribution in [0.1, 0.15) is 25.5 Å². The third-order valence-corrected chi connectivity index (χ3v) is 2.81. The number of pyridine rings is 1. The molecule has 0 aliphatic carbocycles. The average Bonchev–Trinajstić information content (AvgIpc) is 2.82. The van der Waals surface area contributed by atoms with Crippen molar-refractivity contribution in [3.8, 4) is 0 Å². The van der Waals surface area contributed by atoms with E-state index in [1.165, 1.54) is 0 Å². The molecular weight excluding hydrogens is 280 g/mol. The maximum Gasteiger partial charge on any atom is 0.324 e. The van der Waals surface area contributed by atoms with E-state index < -0.39 is 6.03 Å². The van der Waals surface area contributed by atoms with Gasteiger partial charge >= 0.3 is 6.03 Å². The van der Waals surface area contributed by atoms with Crippen molar-refractivity contribution in [2.45, 2.75) is 26.8 Å². The molecule has 0 unspecified atom stereocenters. The molecule has 2 aromatic heterocycles. The Bertz CT molecular complexity index is 624. The van der Waals surface area contributed by atoms with Crippen LogP contribution in [0.15, 0.2) is 18.5 Å². The number of carbonyl (C=O) groups is 1. The second-order valence-corrected chi connectivity index (χ2v) is 4.97. The Balaban J connectivity index is 2.03. The smallest absolute Gasteiger partial charge is 0.307 e. The van der Waals surface area contributed by atoms with Gasteiger partial charge in [-0.15, -0.1) is 5.10 Å². The topological polar surface area (TPSA) is 84.7 Å². The molecule has 0 radical (unpaired) electrons. The van der Waals surface area contributed by atoms with Crippen molar-refractivity contribution < 1.29 is 4.79 Å². The minimum atomic E-state index is -0.411. The van der Waals surface area contributed by atoms with Crippen LogP contribution in [-0.4, -0.2) is 26.0 Å². The zero-order valence-corrected chi connectivity index (χ0v) is 12.1. The normalized spacial score (nSPS) is 10.7. The van der Waals surface area contributed by atoms with Crippen molar-refractivity contribution in [1.29, 1.82) is 0 Å². The minimum absolute atomic E-state index is 0.183. The van der Waals surface area contributed by atoms with Crippen LogP contribution < -0.4 is 10.6 Å². The number of hydrogen-bond donors (Lipinski definition) is 2. The molecule has 2 aromatic rings. The van der Waals surface area contributed by atoms with Crippen molar-refractivity contribution in [3.05, 3.63) is 29.2 Å². The predicted octanol–water partition coefficient (Wildman–Crippen LogP) is 2.86. The Morgan fingerprint density at radius 1 is 1.40 bits per heavy atom. The second kappa shape index (κ2) is 5.87. The van der Waals surface area contributed by atoms with E-state index in [9.17, 15) is 4.79 Å². The van der Waals surface area contributed by atoms with Crippen LogP contribution in [0, 0.1) is 6.92 Å². The second-order valence-electron chi connectivity index (χ2n) is 4.58. The molecule has 7 nitrogen and oxygen atoms in total. The average molecular weight is 295 g/mol. The molecule has 8 heteroatoms. The van der Waals surface area contributed by atoms with Gasteiger partial charge in [-0.1, -0.05) is 16.8 Å². The number of rotatable bonds is 3. The summed E-state index contributed by atoms with van der Waals surface area (Å²) in [5, 5.41) is 13.4. The van der Waals surface area contributed by atoms with Crippen LogP contribution >= 0.6 is 11.6 Å². The largest absolute Gasteiger partial charge is 0.324 e. The number of carbonyl (C=O) groups excluding carboxylic acids is 1. The van der Waals surface area contributed by atoms with Gasteiger partial charge in [0.25, 0.3) is 0 Å². The number of aromatic nitrogens is 4. The quantitative estimate of drug-likeness (QED) is 0.852. The van der Waals surface area contributed by atoms with Gasteiger partial charge in [-0.05, 0) is 32.4 Å². The third kappa shape index (κ3) is 3.45. The van der Waals surface area contributed by atoms with Crippen LogP contribution in [-0.2, 0) is 0 Å². The lowest BCUT2D eigenvalue weighted by molar-refractivity contribution is 0.262. The van der Waals surface area contributed by atoms with Gasteiger partial charge in [0.2, 0.25) is 0 Å². The summed E-state index contributed by atoms with van der Waals surface area (Å²) in [6, 6.07) is 1.36. The summed E-state index contributed by atoms with van der Waals surface area (Å²) in [5.41, 5.74) is 1.41. The molecule has 0 saturated carbocycles. The van der Waals surface area contributed by atoms with Crippen molar-refractivity contribution >= 4 is 29.1 Å². The molecule has 2 N–H and O–H groups in total. The molecule has 0 aliphatic rings. The first kappa shape index (κ1) is 14.3. The number of aryl methyl sites for hydroxylation is 1. The highest BCUT2D eigenvalue weighted by atomic mass is 35.5. The number of urea groups is 1. The van der Waals surface area contributed by atoms with E-state index in [4.69, 9.17) is 11.6 Å². The molecular formula is C12H15ClN6O. The fourth-order valence-corrected chi connectivity index (χ4v) is 1.65. The van der Waals surface area contributed by atoms with Gasteiger partial charge in [0.15, 0.2) is 5.82 Å². The molecule has 2 heterocycles. The number of nitrogens with one attached hydrogen (secondary N) is 2. The van der Waals surface area contributed by atoms with E-state index in [1.54, 1.807) is 23.1 Å². The summed E-state index contributed by atoms with van der Waals surface area (Å²) in [6.45, 7) is 5.77. The van der Waals surface area contributed by atoms with E-state index in [0.29, 0.717) is 16.7 Å².